The Morgan fingerprint density at radius 3 is 2.11 bits per heavy atom. The van der Waals surface area contributed by atoms with Gasteiger partial charge in [-0.05, 0) is 38.1 Å². The molecule has 0 radical (unpaired) electrons. The SMILES string of the molecule is CCN(CC)C(=O)CS(=O)(=O)c1ccc(Cl)cc1. The first kappa shape index (κ1) is 15.0. The van der Waals surface area contributed by atoms with E-state index in [-0.39, 0.29) is 10.8 Å². The molecule has 4 nitrogen and oxygen atoms in total. The zero-order valence-corrected chi connectivity index (χ0v) is 12.0. The Bertz CT molecular complexity index is 507. The van der Waals surface area contributed by atoms with E-state index < -0.39 is 15.6 Å². The number of rotatable bonds is 5. The third-order valence-corrected chi connectivity index (χ3v) is 4.47. The van der Waals surface area contributed by atoms with Crippen molar-refractivity contribution in [1.29, 1.82) is 0 Å². The highest BCUT2D eigenvalue weighted by atomic mass is 35.5. The highest BCUT2D eigenvalue weighted by molar-refractivity contribution is 7.92. The summed E-state index contributed by atoms with van der Waals surface area (Å²) < 4.78 is 24.0. The van der Waals surface area contributed by atoms with Crippen molar-refractivity contribution in [3.8, 4) is 0 Å². The van der Waals surface area contributed by atoms with Gasteiger partial charge in [0.1, 0.15) is 5.75 Å². The lowest BCUT2D eigenvalue weighted by Crippen LogP contribution is -2.35. The fourth-order valence-corrected chi connectivity index (χ4v) is 2.91. The smallest absolute Gasteiger partial charge is 0.238 e. The van der Waals surface area contributed by atoms with Gasteiger partial charge in [0.2, 0.25) is 5.91 Å². The Morgan fingerprint density at radius 2 is 1.67 bits per heavy atom. The monoisotopic (exact) mass is 289 g/mol. The fraction of sp³-hybridized carbons (Fsp3) is 0.417. The first-order valence-electron chi connectivity index (χ1n) is 5.66. The van der Waals surface area contributed by atoms with Crippen molar-refractivity contribution in [2.24, 2.45) is 0 Å². The minimum atomic E-state index is -3.59. The normalized spacial score (nSPS) is 11.3. The Labute approximate surface area is 112 Å². The van der Waals surface area contributed by atoms with Gasteiger partial charge in [-0.25, -0.2) is 8.42 Å². The molecule has 0 spiro atoms. The molecule has 0 saturated carbocycles. The van der Waals surface area contributed by atoms with E-state index in [2.05, 4.69) is 0 Å². The standard InChI is InChI=1S/C12H16ClNO3S/c1-3-14(4-2)12(15)9-18(16,17)11-7-5-10(13)6-8-11/h5-8H,3-4,9H2,1-2H3. The van der Waals surface area contributed by atoms with E-state index in [1.165, 1.54) is 29.2 Å². The lowest BCUT2D eigenvalue weighted by molar-refractivity contribution is -0.128. The molecule has 100 valence electrons. The van der Waals surface area contributed by atoms with Gasteiger partial charge >= 0.3 is 0 Å². The number of carbonyl (C=O) groups excluding carboxylic acids is 1. The molecule has 1 aromatic rings. The Balaban J connectivity index is 2.89. The number of hydrogen-bond acceptors (Lipinski definition) is 3. The first-order valence-corrected chi connectivity index (χ1v) is 7.69. The molecule has 0 aliphatic rings. The quantitative estimate of drug-likeness (QED) is 0.833. The van der Waals surface area contributed by atoms with Crippen molar-refractivity contribution in [2.45, 2.75) is 18.7 Å². The third-order valence-electron chi connectivity index (χ3n) is 2.60. The van der Waals surface area contributed by atoms with Crippen LogP contribution in [0.1, 0.15) is 13.8 Å². The third kappa shape index (κ3) is 3.71. The Hall–Kier alpha value is -1.07. The summed E-state index contributed by atoms with van der Waals surface area (Å²) in [6, 6.07) is 5.81. The van der Waals surface area contributed by atoms with Gasteiger partial charge in [0, 0.05) is 18.1 Å². The lowest BCUT2D eigenvalue weighted by Gasteiger charge is -2.18. The topological polar surface area (TPSA) is 54.5 Å². The number of nitrogens with zero attached hydrogens (tertiary/aromatic N) is 1. The molecule has 0 aliphatic heterocycles. The number of hydrogen-bond donors (Lipinski definition) is 0. The summed E-state index contributed by atoms with van der Waals surface area (Å²) in [6.07, 6.45) is 0. The fourth-order valence-electron chi connectivity index (χ4n) is 1.56. The van der Waals surface area contributed by atoms with Crippen LogP contribution in [0.5, 0.6) is 0 Å². The van der Waals surface area contributed by atoms with Gasteiger partial charge < -0.3 is 4.90 Å². The van der Waals surface area contributed by atoms with Crippen LogP contribution in [0.25, 0.3) is 0 Å². The maximum atomic E-state index is 12.0. The molecule has 1 aromatic carbocycles. The molecule has 0 unspecified atom stereocenters. The average Bonchev–Trinajstić information content (AvgIpc) is 2.30. The zero-order chi connectivity index (χ0) is 13.8. The average molecular weight is 290 g/mol. The molecule has 0 bridgehead atoms. The van der Waals surface area contributed by atoms with Crippen molar-refractivity contribution in [1.82, 2.24) is 4.90 Å². The molecule has 1 amide bonds. The molecular weight excluding hydrogens is 274 g/mol. The van der Waals surface area contributed by atoms with Gasteiger partial charge in [-0.15, -0.1) is 0 Å². The van der Waals surface area contributed by atoms with Crippen molar-refractivity contribution < 1.29 is 13.2 Å². The van der Waals surface area contributed by atoms with Gasteiger partial charge in [0.05, 0.1) is 4.90 Å². The summed E-state index contributed by atoms with van der Waals surface area (Å²) in [7, 11) is -3.59. The Morgan fingerprint density at radius 1 is 1.17 bits per heavy atom. The lowest BCUT2D eigenvalue weighted by atomic mass is 10.4. The van der Waals surface area contributed by atoms with Crippen LogP contribution in [0.3, 0.4) is 0 Å². The summed E-state index contributed by atoms with van der Waals surface area (Å²) in [6.45, 7) is 4.64. The summed E-state index contributed by atoms with van der Waals surface area (Å²) in [4.78, 5) is 13.4. The molecule has 0 N–H and O–H groups in total. The first-order chi connectivity index (χ1) is 8.40. The van der Waals surface area contributed by atoms with Gasteiger partial charge in [-0.3, -0.25) is 4.79 Å². The number of benzene rings is 1. The van der Waals surface area contributed by atoms with E-state index >= 15 is 0 Å². The number of amides is 1. The van der Waals surface area contributed by atoms with Gasteiger partial charge in [0.15, 0.2) is 9.84 Å². The maximum Gasteiger partial charge on any atom is 0.238 e. The molecule has 6 heteroatoms. The minimum absolute atomic E-state index is 0.118. The number of halogens is 1. The second kappa shape index (κ2) is 6.20. The van der Waals surface area contributed by atoms with E-state index in [9.17, 15) is 13.2 Å². The molecule has 1 rings (SSSR count). The second-order valence-electron chi connectivity index (χ2n) is 3.78. The molecular formula is C12H16ClNO3S. The van der Waals surface area contributed by atoms with Gasteiger partial charge in [-0.2, -0.15) is 0 Å². The number of carbonyl (C=O) groups is 1. The molecule has 0 fully saturated rings. The van der Waals surface area contributed by atoms with Crippen LogP contribution in [0, 0.1) is 0 Å². The van der Waals surface area contributed by atoms with E-state index in [0.29, 0.717) is 18.1 Å². The van der Waals surface area contributed by atoms with Gasteiger partial charge in [-0.1, -0.05) is 11.6 Å². The van der Waals surface area contributed by atoms with E-state index in [4.69, 9.17) is 11.6 Å². The van der Waals surface area contributed by atoms with Crippen LogP contribution in [-0.2, 0) is 14.6 Å². The van der Waals surface area contributed by atoms with Crippen molar-refractivity contribution in [3.05, 3.63) is 29.3 Å². The molecule has 0 heterocycles. The van der Waals surface area contributed by atoms with Crippen molar-refractivity contribution >= 4 is 27.3 Å². The van der Waals surface area contributed by atoms with Crippen LogP contribution in [0.15, 0.2) is 29.2 Å². The van der Waals surface area contributed by atoms with E-state index in [1.54, 1.807) is 0 Å². The molecule has 18 heavy (non-hydrogen) atoms. The molecule has 0 saturated heterocycles. The summed E-state index contributed by atoms with van der Waals surface area (Å²) in [5, 5.41) is 0.462. The van der Waals surface area contributed by atoms with E-state index in [0.717, 1.165) is 0 Å². The second-order valence-corrected chi connectivity index (χ2v) is 6.21. The van der Waals surface area contributed by atoms with Crippen LogP contribution in [0.2, 0.25) is 5.02 Å². The van der Waals surface area contributed by atoms with Crippen LogP contribution >= 0.6 is 11.6 Å². The van der Waals surface area contributed by atoms with Gasteiger partial charge in [0.25, 0.3) is 0 Å². The minimum Gasteiger partial charge on any atom is -0.342 e. The predicted molar refractivity (Wildman–Crippen MR) is 71.4 cm³/mol. The highest BCUT2D eigenvalue weighted by Crippen LogP contribution is 2.15. The van der Waals surface area contributed by atoms with Crippen molar-refractivity contribution in [3.63, 3.8) is 0 Å². The molecule has 0 aromatic heterocycles. The highest BCUT2D eigenvalue weighted by Gasteiger charge is 2.21. The van der Waals surface area contributed by atoms with Crippen molar-refractivity contribution in [2.75, 3.05) is 18.8 Å². The largest absolute Gasteiger partial charge is 0.342 e. The predicted octanol–water partition coefficient (Wildman–Crippen LogP) is 1.98. The Kier molecular flexibility index (Phi) is 5.16. The summed E-state index contributed by atoms with van der Waals surface area (Å²) in [5.41, 5.74) is 0. The summed E-state index contributed by atoms with van der Waals surface area (Å²) in [5.74, 6) is -0.883. The van der Waals surface area contributed by atoms with Crippen LogP contribution in [0.4, 0.5) is 0 Å². The molecule has 0 atom stereocenters. The zero-order valence-electron chi connectivity index (χ0n) is 10.4. The van der Waals surface area contributed by atoms with Crippen LogP contribution in [-0.4, -0.2) is 38.1 Å². The molecule has 0 aliphatic carbocycles. The maximum absolute atomic E-state index is 12.0. The number of sulfone groups is 1. The summed E-state index contributed by atoms with van der Waals surface area (Å²) >= 11 is 5.69. The van der Waals surface area contributed by atoms with Crippen LogP contribution < -0.4 is 0 Å². The van der Waals surface area contributed by atoms with E-state index in [1.807, 2.05) is 13.8 Å².